The van der Waals surface area contributed by atoms with Crippen LogP contribution in [0.2, 0.25) is 0 Å². The van der Waals surface area contributed by atoms with Crippen LogP contribution in [0.5, 0.6) is 0 Å². The van der Waals surface area contributed by atoms with Crippen LogP contribution in [-0.4, -0.2) is 4.98 Å². The van der Waals surface area contributed by atoms with Crippen molar-refractivity contribution in [3.63, 3.8) is 0 Å². The van der Waals surface area contributed by atoms with Gasteiger partial charge in [0, 0.05) is 11.7 Å². The Morgan fingerprint density at radius 2 is 2.33 bits per heavy atom. The zero-order chi connectivity index (χ0) is 6.53. The SMILES string of the molecule is Cl/C=C\c1ccccn1. The Kier molecular flexibility index (Phi) is 2.28. The summed E-state index contributed by atoms with van der Waals surface area (Å²) in [6, 6.07) is 5.67. The number of rotatable bonds is 1. The zero-order valence-corrected chi connectivity index (χ0v) is 5.55. The molecule has 1 heterocycles. The molecule has 1 rings (SSSR count). The molecule has 0 radical (unpaired) electrons. The van der Waals surface area contributed by atoms with Crippen molar-refractivity contribution in [2.45, 2.75) is 0 Å². The Labute approximate surface area is 59.0 Å². The molecular weight excluding hydrogens is 134 g/mol. The average molecular weight is 140 g/mol. The van der Waals surface area contributed by atoms with E-state index in [9.17, 15) is 0 Å². The maximum atomic E-state index is 5.32. The first-order valence-corrected chi connectivity index (χ1v) is 3.05. The van der Waals surface area contributed by atoms with E-state index in [1.54, 1.807) is 12.3 Å². The Morgan fingerprint density at radius 1 is 1.44 bits per heavy atom. The van der Waals surface area contributed by atoms with Crippen LogP contribution in [0.4, 0.5) is 0 Å². The molecule has 46 valence electrons. The van der Waals surface area contributed by atoms with Gasteiger partial charge in [0.05, 0.1) is 5.69 Å². The van der Waals surface area contributed by atoms with E-state index in [0.717, 1.165) is 5.69 Å². The van der Waals surface area contributed by atoms with Crippen LogP contribution >= 0.6 is 11.6 Å². The summed E-state index contributed by atoms with van der Waals surface area (Å²) < 4.78 is 0. The minimum absolute atomic E-state index is 0.882. The predicted octanol–water partition coefficient (Wildman–Crippen LogP) is 2.29. The van der Waals surface area contributed by atoms with Crippen molar-refractivity contribution in [2.75, 3.05) is 0 Å². The van der Waals surface area contributed by atoms with Gasteiger partial charge in [0.15, 0.2) is 0 Å². The molecule has 0 atom stereocenters. The third kappa shape index (κ3) is 1.86. The summed E-state index contributed by atoms with van der Waals surface area (Å²) in [7, 11) is 0. The van der Waals surface area contributed by atoms with Crippen molar-refractivity contribution in [3.8, 4) is 0 Å². The van der Waals surface area contributed by atoms with Gasteiger partial charge in [0.25, 0.3) is 0 Å². The van der Waals surface area contributed by atoms with Crippen molar-refractivity contribution >= 4 is 17.7 Å². The first-order chi connectivity index (χ1) is 4.43. The van der Waals surface area contributed by atoms with Gasteiger partial charge in [0.1, 0.15) is 0 Å². The van der Waals surface area contributed by atoms with E-state index in [-0.39, 0.29) is 0 Å². The molecule has 0 amide bonds. The van der Waals surface area contributed by atoms with E-state index in [1.807, 2.05) is 18.2 Å². The molecule has 0 unspecified atom stereocenters. The Balaban J connectivity index is 2.85. The van der Waals surface area contributed by atoms with Gasteiger partial charge >= 0.3 is 0 Å². The van der Waals surface area contributed by atoms with Crippen LogP contribution < -0.4 is 0 Å². The molecule has 0 fully saturated rings. The normalized spacial score (nSPS) is 10.3. The second kappa shape index (κ2) is 3.25. The van der Waals surface area contributed by atoms with E-state index in [4.69, 9.17) is 11.6 Å². The molecule has 1 aromatic rings. The molecule has 0 aliphatic carbocycles. The molecule has 0 aliphatic rings. The van der Waals surface area contributed by atoms with Gasteiger partial charge in [-0.1, -0.05) is 17.7 Å². The van der Waals surface area contributed by atoms with E-state index in [2.05, 4.69) is 4.98 Å². The summed E-state index contributed by atoms with van der Waals surface area (Å²) in [5.74, 6) is 0. The first-order valence-electron chi connectivity index (χ1n) is 2.61. The standard InChI is InChI=1S/C7H6ClN/c8-5-4-7-3-1-2-6-9-7/h1-6H/b5-4-. The maximum absolute atomic E-state index is 5.32. The summed E-state index contributed by atoms with van der Waals surface area (Å²) in [5, 5.41) is 0. The van der Waals surface area contributed by atoms with Crippen LogP contribution in [0, 0.1) is 0 Å². The molecule has 0 aromatic carbocycles. The fourth-order valence-corrected chi connectivity index (χ4v) is 0.668. The maximum Gasteiger partial charge on any atom is 0.0638 e. The van der Waals surface area contributed by atoms with E-state index >= 15 is 0 Å². The van der Waals surface area contributed by atoms with Crippen molar-refractivity contribution in [1.29, 1.82) is 0 Å². The first kappa shape index (κ1) is 6.30. The monoisotopic (exact) mass is 139 g/mol. The third-order valence-electron chi connectivity index (χ3n) is 0.922. The molecule has 1 aromatic heterocycles. The topological polar surface area (TPSA) is 12.9 Å². The molecule has 0 N–H and O–H groups in total. The molecule has 2 heteroatoms. The van der Waals surface area contributed by atoms with E-state index < -0.39 is 0 Å². The molecule has 1 nitrogen and oxygen atoms in total. The highest BCUT2D eigenvalue weighted by Gasteiger charge is 1.79. The molecule has 0 aliphatic heterocycles. The smallest absolute Gasteiger partial charge is 0.0638 e. The van der Waals surface area contributed by atoms with Gasteiger partial charge in [-0.15, -0.1) is 0 Å². The lowest BCUT2D eigenvalue weighted by Gasteiger charge is -1.85. The molecule has 0 spiro atoms. The average Bonchev–Trinajstić information content (AvgIpc) is 1.91. The van der Waals surface area contributed by atoms with Crippen LogP contribution in [0.15, 0.2) is 29.9 Å². The van der Waals surface area contributed by atoms with Crippen LogP contribution in [-0.2, 0) is 0 Å². The molecule has 9 heavy (non-hydrogen) atoms. The van der Waals surface area contributed by atoms with Crippen LogP contribution in [0.1, 0.15) is 5.69 Å². The lowest BCUT2D eigenvalue weighted by Crippen LogP contribution is -1.74. The third-order valence-corrected chi connectivity index (χ3v) is 1.05. The van der Waals surface area contributed by atoms with Gasteiger partial charge in [-0.2, -0.15) is 0 Å². The zero-order valence-electron chi connectivity index (χ0n) is 4.79. The number of pyridine rings is 1. The van der Waals surface area contributed by atoms with Gasteiger partial charge in [-0.3, -0.25) is 4.98 Å². The lowest BCUT2D eigenvalue weighted by molar-refractivity contribution is 1.30. The number of hydrogen-bond donors (Lipinski definition) is 0. The van der Waals surface area contributed by atoms with Gasteiger partial charge in [0.2, 0.25) is 0 Å². The second-order valence-electron chi connectivity index (χ2n) is 1.55. The highest BCUT2D eigenvalue weighted by Crippen LogP contribution is 1.96. The summed E-state index contributed by atoms with van der Waals surface area (Å²) >= 11 is 5.32. The Bertz CT molecular complexity index is 193. The Hall–Kier alpha value is -0.820. The fraction of sp³-hybridized carbons (Fsp3) is 0. The molecule has 0 saturated carbocycles. The second-order valence-corrected chi connectivity index (χ2v) is 1.80. The quantitative estimate of drug-likeness (QED) is 0.582. The molecule has 0 bridgehead atoms. The van der Waals surface area contributed by atoms with Crippen LogP contribution in [0.3, 0.4) is 0 Å². The number of hydrogen-bond acceptors (Lipinski definition) is 1. The van der Waals surface area contributed by atoms with Crippen molar-refractivity contribution in [2.24, 2.45) is 0 Å². The minimum atomic E-state index is 0.882. The van der Waals surface area contributed by atoms with Crippen LogP contribution in [0.25, 0.3) is 6.08 Å². The van der Waals surface area contributed by atoms with E-state index in [1.165, 1.54) is 5.54 Å². The summed E-state index contributed by atoms with van der Waals surface area (Å²) in [6.07, 6.45) is 3.47. The van der Waals surface area contributed by atoms with Gasteiger partial charge < -0.3 is 0 Å². The Morgan fingerprint density at radius 3 is 2.89 bits per heavy atom. The van der Waals surface area contributed by atoms with Gasteiger partial charge in [-0.05, 0) is 18.2 Å². The van der Waals surface area contributed by atoms with Crippen molar-refractivity contribution in [1.82, 2.24) is 4.98 Å². The lowest BCUT2D eigenvalue weighted by atomic mass is 10.3. The highest BCUT2D eigenvalue weighted by molar-refractivity contribution is 6.27. The number of nitrogens with zero attached hydrogens (tertiary/aromatic N) is 1. The van der Waals surface area contributed by atoms with Crippen molar-refractivity contribution in [3.05, 3.63) is 35.6 Å². The van der Waals surface area contributed by atoms with Crippen molar-refractivity contribution < 1.29 is 0 Å². The molecule has 0 saturated heterocycles. The summed E-state index contributed by atoms with van der Waals surface area (Å²) in [6.45, 7) is 0. The number of halogens is 1. The number of aromatic nitrogens is 1. The molecular formula is C7H6ClN. The largest absolute Gasteiger partial charge is 0.257 e. The summed E-state index contributed by atoms with van der Waals surface area (Å²) in [5.41, 5.74) is 2.33. The highest BCUT2D eigenvalue weighted by atomic mass is 35.5. The minimum Gasteiger partial charge on any atom is -0.257 e. The van der Waals surface area contributed by atoms with E-state index in [0.29, 0.717) is 0 Å². The fourth-order valence-electron chi connectivity index (χ4n) is 0.539. The summed E-state index contributed by atoms with van der Waals surface area (Å²) in [4.78, 5) is 4.00. The van der Waals surface area contributed by atoms with Gasteiger partial charge in [-0.25, -0.2) is 0 Å². The predicted molar refractivity (Wildman–Crippen MR) is 39.1 cm³/mol.